The van der Waals surface area contributed by atoms with Crippen molar-refractivity contribution >= 4 is 28.1 Å². The molecule has 4 aromatic rings. The number of aromatic nitrogens is 1. The van der Waals surface area contributed by atoms with Crippen LogP contribution in [0.25, 0.3) is 0 Å². The average Bonchev–Trinajstić information content (AvgIpc) is 3.46. The number of nitrogens with one attached hydrogen (secondary N) is 1. The molecule has 0 saturated heterocycles. The smallest absolute Gasteiger partial charge is 0.362 e. The second-order valence-corrected chi connectivity index (χ2v) is 10.0. The largest absolute Gasteiger partial charge is 0.461 e. The van der Waals surface area contributed by atoms with Crippen LogP contribution in [0.3, 0.4) is 0 Å². The van der Waals surface area contributed by atoms with Crippen molar-refractivity contribution in [2.75, 3.05) is 11.9 Å². The Morgan fingerprint density at radius 3 is 2.08 bits per heavy atom. The number of carbonyl (C=O) groups is 1. The van der Waals surface area contributed by atoms with Crippen molar-refractivity contribution in [2.45, 2.75) is 37.8 Å². The summed E-state index contributed by atoms with van der Waals surface area (Å²) in [5.41, 5.74) is 2.92. The van der Waals surface area contributed by atoms with Crippen molar-refractivity contribution in [1.82, 2.24) is 4.98 Å². The number of allylic oxidation sites excluding steroid dienone is 1. The van der Waals surface area contributed by atoms with E-state index in [0.717, 1.165) is 36.0 Å². The Labute approximate surface area is 233 Å². The van der Waals surface area contributed by atoms with E-state index in [1.165, 1.54) is 11.3 Å². The molecule has 1 N–H and O–H groups in total. The third-order valence-corrected chi connectivity index (χ3v) is 7.38. The fourth-order valence-corrected chi connectivity index (χ4v) is 5.51. The molecule has 0 saturated carbocycles. The number of nitrogens with zero attached hydrogens (tertiary/aromatic N) is 2. The van der Waals surface area contributed by atoms with Crippen LogP contribution in [0.4, 0.5) is 5.13 Å². The molecule has 1 atom stereocenters. The van der Waals surface area contributed by atoms with Crippen molar-refractivity contribution in [3.05, 3.63) is 131 Å². The number of rotatable bonds is 10. The van der Waals surface area contributed by atoms with Crippen LogP contribution in [0, 0.1) is 0 Å². The van der Waals surface area contributed by atoms with Gasteiger partial charge in [0.05, 0.1) is 6.61 Å². The van der Waals surface area contributed by atoms with Crippen LogP contribution in [-0.4, -0.2) is 29.4 Å². The Morgan fingerprint density at radius 1 is 0.974 bits per heavy atom. The number of anilines is 1. The maximum atomic E-state index is 12.9. The lowest BCUT2D eigenvalue weighted by Crippen LogP contribution is -2.38. The average molecular weight is 538 g/mol. The number of benzene rings is 3. The van der Waals surface area contributed by atoms with Crippen LogP contribution in [0.15, 0.2) is 114 Å². The predicted octanol–water partition coefficient (Wildman–Crippen LogP) is 6.94. The highest BCUT2D eigenvalue weighted by Gasteiger charge is 2.37. The zero-order valence-electron chi connectivity index (χ0n) is 21.8. The molecule has 198 valence electrons. The monoisotopic (exact) mass is 537 g/mol. The fraction of sp³-hybridized carbons (Fsp3) is 0.219. The lowest BCUT2D eigenvalue weighted by atomic mass is 9.77. The molecule has 5 rings (SSSR count). The van der Waals surface area contributed by atoms with E-state index in [0.29, 0.717) is 10.8 Å². The van der Waals surface area contributed by atoms with E-state index in [-0.39, 0.29) is 18.4 Å². The first kappa shape index (κ1) is 26.4. The summed E-state index contributed by atoms with van der Waals surface area (Å²) in [7, 11) is 0. The zero-order valence-corrected chi connectivity index (χ0v) is 22.6. The minimum Gasteiger partial charge on any atom is -0.461 e. The molecular weight excluding hydrogens is 506 g/mol. The van der Waals surface area contributed by atoms with Crippen LogP contribution in [0.5, 0.6) is 0 Å². The van der Waals surface area contributed by atoms with Crippen molar-refractivity contribution in [3.8, 4) is 0 Å². The second kappa shape index (κ2) is 12.5. The first-order valence-corrected chi connectivity index (χ1v) is 14.1. The maximum absolute atomic E-state index is 12.9. The van der Waals surface area contributed by atoms with E-state index in [4.69, 9.17) is 14.6 Å². The van der Waals surface area contributed by atoms with Crippen LogP contribution in [0.2, 0.25) is 0 Å². The fourth-order valence-electron chi connectivity index (χ4n) is 4.76. The summed E-state index contributed by atoms with van der Waals surface area (Å²) in [4.78, 5) is 23.4. The molecule has 1 heterocycles. The van der Waals surface area contributed by atoms with Gasteiger partial charge in [-0.1, -0.05) is 102 Å². The van der Waals surface area contributed by atoms with Gasteiger partial charge in [-0.3, -0.25) is 0 Å². The van der Waals surface area contributed by atoms with Gasteiger partial charge in [-0.2, -0.15) is 0 Å². The normalized spacial score (nSPS) is 15.5. The molecule has 0 radical (unpaired) electrons. The molecule has 1 unspecified atom stereocenters. The van der Waals surface area contributed by atoms with Crippen molar-refractivity contribution in [3.63, 3.8) is 0 Å². The first-order valence-electron chi connectivity index (χ1n) is 13.2. The molecule has 0 fully saturated rings. The maximum Gasteiger partial charge on any atom is 0.362 e. The Bertz CT molecular complexity index is 1320. The minimum atomic E-state index is -0.733. The summed E-state index contributed by atoms with van der Waals surface area (Å²) in [6.07, 6.45) is 6.81. The SMILES string of the molecule is CCOC(=O)C(=NOC1C=CCCC1)c1csc(NC(c2ccccc2)(c2ccccc2)c2ccccc2)n1. The summed E-state index contributed by atoms with van der Waals surface area (Å²) in [5, 5.41) is 10.4. The minimum absolute atomic E-state index is 0.0601. The van der Waals surface area contributed by atoms with Gasteiger partial charge in [0, 0.05) is 5.38 Å². The topological polar surface area (TPSA) is 72.8 Å². The third kappa shape index (κ3) is 5.94. The van der Waals surface area contributed by atoms with Crippen molar-refractivity contribution in [2.24, 2.45) is 5.16 Å². The summed E-state index contributed by atoms with van der Waals surface area (Å²) in [6.45, 7) is 2.00. The van der Waals surface area contributed by atoms with E-state index in [9.17, 15) is 4.79 Å². The Hall–Kier alpha value is -4.23. The summed E-state index contributed by atoms with van der Waals surface area (Å²) in [6, 6.07) is 30.9. The molecule has 3 aromatic carbocycles. The van der Waals surface area contributed by atoms with Gasteiger partial charge in [0.1, 0.15) is 17.3 Å². The van der Waals surface area contributed by atoms with E-state index >= 15 is 0 Å². The lowest BCUT2D eigenvalue weighted by molar-refractivity contribution is -0.135. The van der Waals surface area contributed by atoms with Gasteiger partial charge >= 0.3 is 5.97 Å². The highest BCUT2D eigenvalue weighted by molar-refractivity contribution is 7.14. The van der Waals surface area contributed by atoms with E-state index in [1.807, 2.05) is 66.1 Å². The standard InChI is InChI=1S/C32H31N3O3S/c1-2-37-30(36)29(35-38-27-21-13-6-14-22-27)28-23-39-31(33-28)34-32(24-15-7-3-8-16-24,25-17-9-4-10-18-25)26-19-11-5-12-20-26/h3-5,7-13,15-21,23,27H,2,6,14,22H2,1H3,(H,33,34). The van der Waals surface area contributed by atoms with E-state index in [1.54, 1.807) is 6.92 Å². The quantitative estimate of drug-likeness (QED) is 0.0780. The number of esters is 1. The number of thiazole rings is 1. The Balaban J connectivity index is 1.56. The molecule has 1 aromatic heterocycles. The third-order valence-electron chi connectivity index (χ3n) is 6.62. The highest BCUT2D eigenvalue weighted by Crippen LogP contribution is 2.40. The van der Waals surface area contributed by atoms with Gasteiger partial charge in [-0.25, -0.2) is 9.78 Å². The molecule has 0 amide bonds. The van der Waals surface area contributed by atoms with Gasteiger partial charge in [0.15, 0.2) is 5.13 Å². The van der Waals surface area contributed by atoms with Crippen LogP contribution < -0.4 is 5.32 Å². The van der Waals surface area contributed by atoms with Crippen LogP contribution in [0.1, 0.15) is 48.6 Å². The lowest BCUT2D eigenvalue weighted by Gasteiger charge is -2.36. The van der Waals surface area contributed by atoms with Gasteiger partial charge in [-0.05, 0) is 49.0 Å². The van der Waals surface area contributed by atoms with E-state index in [2.05, 4.69) is 52.9 Å². The van der Waals surface area contributed by atoms with E-state index < -0.39 is 11.5 Å². The predicted molar refractivity (Wildman–Crippen MR) is 156 cm³/mol. The zero-order chi connectivity index (χ0) is 26.9. The summed E-state index contributed by atoms with van der Waals surface area (Å²) < 4.78 is 5.29. The molecule has 0 bridgehead atoms. The van der Waals surface area contributed by atoms with Crippen LogP contribution in [-0.2, 0) is 19.9 Å². The highest BCUT2D eigenvalue weighted by atomic mass is 32.1. The Morgan fingerprint density at radius 2 is 1.56 bits per heavy atom. The number of ether oxygens (including phenoxy) is 1. The van der Waals surface area contributed by atoms with Crippen LogP contribution >= 0.6 is 11.3 Å². The number of carbonyl (C=O) groups excluding carboxylic acids is 1. The number of hydrogen-bond acceptors (Lipinski definition) is 7. The molecule has 0 spiro atoms. The van der Waals surface area contributed by atoms with Gasteiger partial charge in [0.25, 0.3) is 0 Å². The second-order valence-electron chi connectivity index (χ2n) is 9.17. The van der Waals surface area contributed by atoms with Gasteiger partial charge in [-0.15, -0.1) is 11.3 Å². The molecule has 39 heavy (non-hydrogen) atoms. The molecule has 7 heteroatoms. The van der Waals surface area contributed by atoms with Crippen molar-refractivity contribution < 1.29 is 14.4 Å². The summed E-state index contributed by atoms with van der Waals surface area (Å²) >= 11 is 1.41. The molecule has 6 nitrogen and oxygen atoms in total. The number of oxime groups is 1. The van der Waals surface area contributed by atoms with Gasteiger partial charge in [0.2, 0.25) is 5.71 Å². The summed E-state index contributed by atoms with van der Waals surface area (Å²) in [5.74, 6) is -0.561. The molecule has 1 aliphatic carbocycles. The van der Waals surface area contributed by atoms with Gasteiger partial charge < -0.3 is 14.9 Å². The molecular formula is C32H31N3O3S. The van der Waals surface area contributed by atoms with Crippen molar-refractivity contribution in [1.29, 1.82) is 0 Å². The number of hydrogen-bond donors (Lipinski definition) is 1. The first-order chi connectivity index (χ1) is 19.2. The molecule has 1 aliphatic rings. The molecule has 0 aliphatic heterocycles. The Kier molecular flexibility index (Phi) is 8.48.